The highest BCUT2D eigenvalue weighted by Gasteiger charge is 2.24. The molecular formula is C20H39N3O6. The van der Waals surface area contributed by atoms with Crippen LogP contribution in [0.5, 0.6) is 0 Å². The monoisotopic (exact) mass is 417 g/mol. The zero-order valence-corrected chi connectivity index (χ0v) is 19.2. The smallest absolute Gasteiger partial charge is 0.410 e. The van der Waals surface area contributed by atoms with Crippen LogP contribution in [0.15, 0.2) is 0 Å². The summed E-state index contributed by atoms with van der Waals surface area (Å²) in [6.45, 7) is 12.6. The lowest BCUT2D eigenvalue weighted by atomic mass is 10.1. The topological polar surface area (TPSA) is 106 Å². The van der Waals surface area contributed by atoms with Crippen molar-refractivity contribution in [2.24, 2.45) is 0 Å². The fraction of sp³-hybridized carbons (Fsp3) is 0.850. The van der Waals surface area contributed by atoms with Crippen LogP contribution in [-0.4, -0.2) is 74.1 Å². The van der Waals surface area contributed by atoms with Gasteiger partial charge in [-0.05, 0) is 67.3 Å². The van der Waals surface area contributed by atoms with E-state index < -0.39 is 29.3 Å². The molecule has 29 heavy (non-hydrogen) atoms. The minimum absolute atomic E-state index is 0.353. The van der Waals surface area contributed by atoms with Crippen molar-refractivity contribution < 1.29 is 28.6 Å². The molecule has 0 saturated heterocycles. The molecule has 0 aliphatic heterocycles. The van der Waals surface area contributed by atoms with Crippen LogP contribution in [0.2, 0.25) is 0 Å². The number of alkyl carbamates (subject to hydrolysis) is 1. The van der Waals surface area contributed by atoms with Crippen molar-refractivity contribution in [3.63, 3.8) is 0 Å². The first-order valence-electron chi connectivity index (χ1n) is 9.97. The van der Waals surface area contributed by atoms with Gasteiger partial charge in [-0.25, -0.2) is 14.4 Å². The van der Waals surface area contributed by atoms with Crippen molar-refractivity contribution in [3.05, 3.63) is 0 Å². The Hall–Kier alpha value is -2.03. The highest BCUT2D eigenvalue weighted by molar-refractivity contribution is 5.81. The normalized spacial score (nSPS) is 12.7. The van der Waals surface area contributed by atoms with Crippen LogP contribution in [0.4, 0.5) is 9.59 Å². The van der Waals surface area contributed by atoms with Crippen LogP contribution in [0.3, 0.4) is 0 Å². The van der Waals surface area contributed by atoms with Gasteiger partial charge < -0.3 is 29.7 Å². The van der Waals surface area contributed by atoms with Crippen LogP contribution in [0, 0.1) is 0 Å². The molecule has 9 heteroatoms. The average Bonchev–Trinajstić information content (AvgIpc) is 2.55. The summed E-state index contributed by atoms with van der Waals surface area (Å²) in [5.74, 6) is -0.497. The van der Waals surface area contributed by atoms with Crippen molar-refractivity contribution >= 4 is 18.2 Å². The lowest BCUT2D eigenvalue weighted by molar-refractivity contribution is -0.143. The fourth-order valence-electron chi connectivity index (χ4n) is 2.24. The molecule has 0 fully saturated rings. The van der Waals surface area contributed by atoms with Crippen LogP contribution in [0.1, 0.15) is 60.8 Å². The van der Waals surface area contributed by atoms with E-state index in [1.165, 1.54) is 12.0 Å². The van der Waals surface area contributed by atoms with Gasteiger partial charge in [0.05, 0.1) is 7.11 Å². The number of carbonyl (C=O) groups is 3. The summed E-state index contributed by atoms with van der Waals surface area (Å²) in [7, 11) is 2.98. The second kappa shape index (κ2) is 12.5. The number of nitrogens with zero attached hydrogens (tertiary/aromatic N) is 1. The molecule has 0 bridgehead atoms. The predicted molar refractivity (Wildman–Crippen MR) is 111 cm³/mol. The third kappa shape index (κ3) is 14.6. The molecule has 0 aliphatic rings. The summed E-state index contributed by atoms with van der Waals surface area (Å²) in [6.07, 6.45) is 0.972. The van der Waals surface area contributed by atoms with Gasteiger partial charge in [-0.1, -0.05) is 0 Å². The Morgan fingerprint density at radius 3 is 2.03 bits per heavy atom. The molecule has 0 aromatic rings. The number of hydrogen-bond acceptors (Lipinski definition) is 7. The number of carbonyl (C=O) groups excluding carboxylic acids is 3. The molecule has 0 aliphatic carbocycles. The van der Waals surface area contributed by atoms with Crippen molar-refractivity contribution in [2.75, 3.05) is 33.8 Å². The molecule has 0 unspecified atom stereocenters. The van der Waals surface area contributed by atoms with Crippen molar-refractivity contribution in [3.8, 4) is 0 Å². The van der Waals surface area contributed by atoms with E-state index in [-0.39, 0.29) is 6.09 Å². The molecule has 0 rings (SSSR count). The predicted octanol–water partition coefficient (Wildman–Crippen LogP) is 2.68. The number of hydrogen-bond donors (Lipinski definition) is 2. The first kappa shape index (κ1) is 27.0. The molecule has 0 heterocycles. The molecule has 9 nitrogen and oxygen atoms in total. The quantitative estimate of drug-likeness (QED) is 0.320. The van der Waals surface area contributed by atoms with Crippen LogP contribution in [-0.2, 0) is 19.0 Å². The number of methoxy groups -OCH3 is 1. The van der Waals surface area contributed by atoms with Crippen LogP contribution >= 0.6 is 0 Å². The van der Waals surface area contributed by atoms with Gasteiger partial charge in [0.1, 0.15) is 17.2 Å². The largest absolute Gasteiger partial charge is 0.467 e. The molecular weight excluding hydrogens is 378 g/mol. The van der Waals surface area contributed by atoms with E-state index >= 15 is 0 Å². The fourth-order valence-corrected chi connectivity index (χ4v) is 2.24. The van der Waals surface area contributed by atoms with Gasteiger partial charge in [0.25, 0.3) is 0 Å². The number of amides is 2. The molecule has 0 aromatic carbocycles. The summed E-state index contributed by atoms with van der Waals surface area (Å²) in [6, 6.07) is -0.742. The van der Waals surface area contributed by atoms with E-state index in [0.29, 0.717) is 25.9 Å². The Labute approximate surface area is 174 Å². The maximum Gasteiger partial charge on any atom is 0.410 e. The minimum Gasteiger partial charge on any atom is -0.467 e. The maximum absolute atomic E-state index is 11.9. The molecule has 0 saturated carbocycles. The van der Waals surface area contributed by atoms with E-state index in [0.717, 1.165) is 13.0 Å². The number of rotatable bonds is 10. The third-order valence-corrected chi connectivity index (χ3v) is 3.60. The Bertz CT molecular complexity index is 525. The number of ether oxygens (including phenoxy) is 3. The number of esters is 1. The van der Waals surface area contributed by atoms with Gasteiger partial charge in [0, 0.05) is 20.1 Å². The number of nitrogens with one attached hydrogen (secondary N) is 2. The Morgan fingerprint density at radius 1 is 0.931 bits per heavy atom. The van der Waals surface area contributed by atoms with Gasteiger partial charge in [-0.15, -0.1) is 0 Å². The lowest BCUT2D eigenvalue weighted by Gasteiger charge is -2.24. The molecule has 1 atom stereocenters. The molecule has 0 spiro atoms. The highest BCUT2D eigenvalue weighted by atomic mass is 16.6. The van der Waals surface area contributed by atoms with E-state index in [9.17, 15) is 14.4 Å². The zero-order chi connectivity index (χ0) is 22.7. The SMILES string of the molecule is COC(=O)[C@H](CCCCNCCN(C)C(=O)OC(C)(C)C)NC(=O)OC(C)(C)C. The van der Waals surface area contributed by atoms with Crippen molar-refractivity contribution in [2.45, 2.75) is 78.0 Å². The minimum atomic E-state index is -0.742. The third-order valence-electron chi connectivity index (χ3n) is 3.60. The summed E-state index contributed by atoms with van der Waals surface area (Å²) in [5.41, 5.74) is -1.15. The summed E-state index contributed by atoms with van der Waals surface area (Å²) < 4.78 is 15.2. The second-order valence-corrected chi connectivity index (χ2v) is 8.87. The van der Waals surface area contributed by atoms with E-state index in [4.69, 9.17) is 14.2 Å². The second-order valence-electron chi connectivity index (χ2n) is 8.87. The van der Waals surface area contributed by atoms with Gasteiger partial charge in [-0.3, -0.25) is 0 Å². The summed E-state index contributed by atoms with van der Waals surface area (Å²) in [5, 5.41) is 5.80. The highest BCUT2D eigenvalue weighted by Crippen LogP contribution is 2.10. The standard InChI is InChI=1S/C20H39N3O6/c1-19(2,3)28-17(25)22-15(16(24)27-8)11-9-10-12-21-13-14-23(7)18(26)29-20(4,5)6/h15,21H,9-14H2,1-8H3,(H,22,25)/t15-/m0/s1. The Balaban J connectivity index is 4.11. The van der Waals surface area contributed by atoms with E-state index in [1.54, 1.807) is 27.8 Å². The Morgan fingerprint density at radius 2 is 1.52 bits per heavy atom. The zero-order valence-electron chi connectivity index (χ0n) is 19.2. The van der Waals surface area contributed by atoms with Crippen LogP contribution in [0.25, 0.3) is 0 Å². The molecule has 2 amide bonds. The van der Waals surface area contributed by atoms with Gasteiger partial charge in [0.15, 0.2) is 0 Å². The van der Waals surface area contributed by atoms with Gasteiger partial charge in [-0.2, -0.15) is 0 Å². The number of likely N-dealkylation sites (N-methyl/N-ethyl adjacent to an activating group) is 1. The van der Waals surface area contributed by atoms with E-state index in [2.05, 4.69) is 10.6 Å². The van der Waals surface area contributed by atoms with Crippen LogP contribution < -0.4 is 10.6 Å². The Kier molecular flexibility index (Phi) is 11.6. The summed E-state index contributed by atoms with van der Waals surface area (Å²) in [4.78, 5) is 37.1. The molecule has 0 radical (unpaired) electrons. The van der Waals surface area contributed by atoms with Crippen molar-refractivity contribution in [1.29, 1.82) is 0 Å². The van der Waals surface area contributed by atoms with Gasteiger partial charge >= 0.3 is 18.2 Å². The lowest BCUT2D eigenvalue weighted by Crippen LogP contribution is -2.44. The average molecular weight is 418 g/mol. The first-order valence-corrected chi connectivity index (χ1v) is 9.97. The van der Waals surface area contributed by atoms with Crippen molar-refractivity contribution in [1.82, 2.24) is 15.5 Å². The maximum atomic E-state index is 11.9. The first-order chi connectivity index (χ1) is 13.2. The molecule has 170 valence electrons. The van der Waals surface area contributed by atoms with Gasteiger partial charge in [0.2, 0.25) is 0 Å². The molecule has 2 N–H and O–H groups in total. The molecule has 0 aromatic heterocycles. The summed E-state index contributed by atoms with van der Waals surface area (Å²) >= 11 is 0. The number of unbranched alkanes of at least 4 members (excludes halogenated alkanes) is 1. The van der Waals surface area contributed by atoms with E-state index in [1.807, 2.05) is 20.8 Å².